The Hall–Kier alpha value is -1.32. The fourth-order valence-corrected chi connectivity index (χ4v) is 3.43. The smallest absolute Gasteiger partial charge is 0.129 e. The third-order valence-electron chi connectivity index (χ3n) is 3.33. The molecule has 0 saturated carbocycles. The first-order valence-electron chi connectivity index (χ1n) is 7.02. The number of hydrogen-bond acceptors (Lipinski definition) is 3. The number of thiophene rings is 1. The molecule has 0 aliphatic heterocycles. The quantitative estimate of drug-likeness (QED) is 0.857. The van der Waals surface area contributed by atoms with Crippen molar-refractivity contribution in [3.05, 3.63) is 51.7 Å². The van der Waals surface area contributed by atoms with Crippen LogP contribution in [0.5, 0.6) is 5.75 Å². The first-order valence-corrected chi connectivity index (χ1v) is 7.90. The minimum Gasteiger partial charge on any atom is -0.496 e. The van der Waals surface area contributed by atoms with Crippen molar-refractivity contribution < 1.29 is 4.74 Å². The predicted molar refractivity (Wildman–Crippen MR) is 86.8 cm³/mol. The Morgan fingerprint density at radius 1 is 1.25 bits per heavy atom. The van der Waals surface area contributed by atoms with E-state index in [4.69, 9.17) is 4.74 Å². The van der Waals surface area contributed by atoms with Gasteiger partial charge in [0.15, 0.2) is 0 Å². The molecule has 2 aromatic rings. The lowest BCUT2D eigenvalue weighted by atomic mass is 9.97. The van der Waals surface area contributed by atoms with Gasteiger partial charge in [0, 0.05) is 10.3 Å². The molecule has 108 valence electrons. The highest BCUT2D eigenvalue weighted by molar-refractivity contribution is 7.10. The summed E-state index contributed by atoms with van der Waals surface area (Å²) in [6.45, 7) is 4.51. The molecule has 0 spiro atoms. The van der Waals surface area contributed by atoms with Gasteiger partial charge >= 0.3 is 0 Å². The summed E-state index contributed by atoms with van der Waals surface area (Å²) in [5.74, 6) is 1.61. The van der Waals surface area contributed by atoms with Gasteiger partial charge in [0.05, 0.1) is 13.2 Å². The molecule has 0 fully saturated rings. The van der Waals surface area contributed by atoms with Crippen LogP contribution in [0.2, 0.25) is 0 Å². The number of rotatable bonds is 6. The third kappa shape index (κ3) is 3.62. The van der Waals surface area contributed by atoms with E-state index in [1.807, 2.05) is 7.05 Å². The summed E-state index contributed by atoms with van der Waals surface area (Å²) >= 11 is 1.73. The zero-order valence-electron chi connectivity index (χ0n) is 12.6. The van der Waals surface area contributed by atoms with Crippen LogP contribution in [-0.2, 0) is 6.42 Å². The summed E-state index contributed by atoms with van der Waals surface area (Å²) in [5.41, 5.74) is 2.72. The van der Waals surface area contributed by atoms with Crippen LogP contribution >= 0.6 is 11.3 Å². The van der Waals surface area contributed by atoms with Gasteiger partial charge in [-0.3, -0.25) is 0 Å². The van der Waals surface area contributed by atoms with Crippen LogP contribution in [0.15, 0.2) is 35.7 Å². The Morgan fingerprint density at radius 3 is 2.65 bits per heavy atom. The van der Waals surface area contributed by atoms with Gasteiger partial charge in [-0.05, 0) is 36.6 Å². The zero-order chi connectivity index (χ0) is 14.5. The van der Waals surface area contributed by atoms with Crippen molar-refractivity contribution in [2.45, 2.75) is 26.3 Å². The number of nitrogens with one attached hydrogen (secondary N) is 1. The van der Waals surface area contributed by atoms with Crippen LogP contribution in [0.3, 0.4) is 0 Å². The van der Waals surface area contributed by atoms with Crippen LogP contribution < -0.4 is 10.1 Å². The Morgan fingerprint density at radius 2 is 2.05 bits per heavy atom. The average Bonchev–Trinajstić information content (AvgIpc) is 2.88. The van der Waals surface area contributed by atoms with E-state index < -0.39 is 0 Å². The molecule has 20 heavy (non-hydrogen) atoms. The van der Waals surface area contributed by atoms with E-state index in [2.05, 4.69) is 54.9 Å². The van der Waals surface area contributed by atoms with Crippen molar-refractivity contribution in [2.24, 2.45) is 5.92 Å². The summed E-state index contributed by atoms with van der Waals surface area (Å²) in [6, 6.07) is 11.2. The molecule has 0 bridgehead atoms. The van der Waals surface area contributed by atoms with Crippen molar-refractivity contribution >= 4 is 11.3 Å². The molecule has 1 aromatic carbocycles. The number of hydrogen-bond donors (Lipinski definition) is 1. The maximum atomic E-state index is 5.28. The minimum absolute atomic E-state index is 0.232. The maximum absolute atomic E-state index is 5.28. The van der Waals surface area contributed by atoms with Crippen LogP contribution in [0.25, 0.3) is 0 Å². The number of benzene rings is 1. The largest absolute Gasteiger partial charge is 0.496 e. The fraction of sp³-hybridized carbons (Fsp3) is 0.412. The van der Waals surface area contributed by atoms with Crippen molar-refractivity contribution in [3.8, 4) is 5.75 Å². The van der Waals surface area contributed by atoms with Gasteiger partial charge in [-0.15, -0.1) is 11.3 Å². The number of methoxy groups -OCH3 is 1. The van der Waals surface area contributed by atoms with Crippen molar-refractivity contribution in [2.75, 3.05) is 14.2 Å². The molecule has 1 unspecified atom stereocenters. The molecule has 1 heterocycles. The van der Waals surface area contributed by atoms with Gasteiger partial charge in [-0.2, -0.15) is 0 Å². The Balaban J connectivity index is 2.26. The molecule has 1 atom stereocenters. The van der Waals surface area contributed by atoms with Gasteiger partial charge in [-0.1, -0.05) is 38.1 Å². The molecule has 0 aliphatic rings. The van der Waals surface area contributed by atoms with Gasteiger partial charge in [0.25, 0.3) is 0 Å². The average molecular weight is 289 g/mol. The highest BCUT2D eigenvalue weighted by atomic mass is 32.1. The van der Waals surface area contributed by atoms with Gasteiger partial charge in [-0.25, -0.2) is 0 Å². The summed E-state index contributed by atoms with van der Waals surface area (Å²) in [6.07, 6.45) is 1.12. The van der Waals surface area contributed by atoms with E-state index >= 15 is 0 Å². The SMILES string of the molecule is CNC(c1cccc(CC(C)C)c1)c1cc(OC)cs1. The highest BCUT2D eigenvalue weighted by Gasteiger charge is 2.15. The van der Waals surface area contributed by atoms with E-state index in [0.29, 0.717) is 5.92 Å². The Labute approximate surface area is 125 Å². The molecule has 0 saturated heterocycles. The highest BCUT2D eigenvalue weighted by Crippen LogP contribution is 2.31. The van der Waals surface area contributed by atoms with Crippen LogP contribution in [-0.4, -0.2) is 14.2 Å². The lowest BCUT2D eigenvalue weighted by Gasteiger charge is -2.16. The molecule has 1 N–H and O–H groups in total. The lowest BCUT2D eigenvalue weighted by Crippen LogP contribution is -2.16. The first kappa shape index (κ1) is 15.1. The van der Waals surface area contributed by atoms with E-state index in [-0.39, 0.29) is 6.04 Å². The second-order valence-electron chi connectivity index (χ2n) is 5.45. The Bertz CT molecular complexity index is 547. The predicted octanol–water partition coefficient (Wildman–Crippen LogP) is 4.26. The van der Waals surface area contributed by atoms with Gasteiger partial charge in [0.1, 0.15) is 5.75 Å². The normalized spacial score (nSPS) is 12.7. The second-order valence-corrected chi connectivity index (χ2v) is 6.40. The Kier molecular flexibility index (Phi) is 5.21. The van der Waals surface area contributed by atoms with Crippen molar-refractivity contribution in [3.63, 3.8) is 0 Å². The van der Waals surface area contributed by atoms with Crippen molar-refractivity contribution in [1.29, 1.82) is 0 Å². The molecule has 0 radical (unpaired) electrons. The van der Waals surface area contributed by atoms with Gasteiger partial charge in [0.2, 0.25) is 0 Å². The minimum atomic E-state index is 0.232. The molecule has 0 amide bonds. The van der Waals surface area contributed by atoms with Crippen molar-refractivity contribution in [1.82, 2.24) is 5.32 Å². The molecular formula is C17H23NOS. The molecule has 3 heteroatoms. The standard InChI is InChI=1S/C17H23NOS/c1-12(2)8-13-6-5-7-14(9-13)17(18-3)16-10-15(19-4)11-20-16/h5-7,9-12,17-18H,8H2,1-4H3. The van der Waals surface area contributed by atoms with Crippen LogP contribution in [0.4, 0.5) is 0 Å². The zero-order valence-corrected chi connectivity index (χ0v) is 13.5. The molecule has 2 rings (SSSR count). The molecule has 0 aliphatic carbocycles. The van der Waals surface area contributed by atoms with E-state index in [0.717, 1.165) is 12.2 Å². The fourth-order valence-electron chi connectivity index (χ4n) is 2.44. The molecular weight excluding hydrogens is 266 g/mol. The number of ether oxygens (including phenoxy) is 1. The lowest BCUT2D eigenvalue weighted by molar-refractivity contribution is 0.416. The van der Waals surface area contributed by atoms with E-state index in [1.54, 1.807) is 18.4 Å². The van der Waals surface area contributed by atoms with E-state index in [1.165, 1.54) is 16.0 Å². The monoisotopic (exact) mass is 289 g/mol. The van der Waals surface area contributed by atoms with Crippen LogP contribution in [0, 0.1) is 5.92 Å². The summed E-state index contributed by atoms with van der Waals surface area (Å²) in [5, 5.41) is 5.46. The van der Waals surface area contributed by atoms with Gasteiger partial charge < -0.3 is 10.1 Å². The first-order chi connectivity index (χ1) is 9.63. The topological polar surface area (TPSA) is 21.3 Å². The maximum Gasteiger partial charge on any atom is 0.129 e. The summed E-state index contributed by atoms with van der Waals surface area (Å²) < 4.78 is 5.28. The third-order valence-corrected chi connectivity index (χ3v) is 4.31. The summed E-state index contributed by atoms with van der Waals surface area (Å²) in [7, 11) is 3.72. The second kappa shape index (κ2) is 6.91. The molecule has 1 aromatic heterocycles. The molecule has 2 nitrogen and oxygen atoms in total. The van der Waals surface area contributed by atoms with E-state index in [9.17, 15) is 0 Å². The van der Waals surface area contributed by atoms with Crippen LogP contribution in [0.1, 0.15) is 35.9 Å². The summed E-state index contributed by atoms with van der Waals surface area (Å²) in [4.78, 5) is 1.28.